The van der Waals surface area contributed by atoms with E-state index >= 15 is 0 Å². The topological polar surface area (TPSA) is 61.9 Å². The lowest BCUT2D eigenvalue weighted by atomic mass is 9.95. The molecular formula is C19H27N3O3. The highest BCUT2D eigenvalue weighted by Gasteiger charge is 2.29. The summed E-state index contributed by atoms with van der Waals surface area (Å²) in [5.41, 5.74) is 1.29. The van der Waals surface area contributed by atoms with Crippen molar-refractivity contribution in [3.63, 3.8) is 0 Å². The Bertz CT molecular complexity index is 593. The fourth-order valence-electron chi connectivity index (χ4n) is 3.41. The van der Waals surface area contributed by atoms with Crippen LogP contribution >= 0.6 is 0 Å². The Morgan fingerprint density at radius 1 is 1.28 bits per heavy atom. The molecule has 0 unspecified atom stereocenters. The normalized spacial score (nSPS) is 25.0. The van der Waals surface area contributed by atoms with Gasteiger partial charge in [-0.3, -0.25) is 14.5 Å². The van der Waals surface area contributed by atoms with Crippen LogP contribution in [0.5, 0.6) is 0 Å². The Labute approximate surface area is 149 Å². The number of rotatable bonds is 5. The van der Waals surface area contributed by atoms with Crippen LogP contribution in [0.3, 0.4) is 0 Å². The fourth-order valence-corrected chi connectivity index (χ4v) is 3.41. The summed E-state index contributed by atoms with van der Waals surface area (Å²) in [6, 6.07) is 10.4. The van der Waals surface area contributed by atoms with Crippen LogP contribution in [0.15, 0.2) is 30.3 Å². The average Bonchev–Trinajstić information content (AvgIpc) is 2.63. The van der Waals surface area contributed by atoms with Crippen LogP contribution in [-0.4, -0.2) is 67.6 Å². The van der Waals surface area contributed by atoms with E-state index in [4.69, 9.17) is 4.74 Å². The molecule has 0 spiro atoms. The van der Waals surface area contributed by atoms with Crippen molar-refractivity contribution in [2.24, 2.45) is 5.92 Å². The van der Waals surface area contributed by atoms with E-state index in [1.54, 1.807) is 11.9 Å². The van der Waals surface area contributed by atoms with Crippen LogP contribution in [-0.2, 0) is 20.9 Å². The van der Waals surface area contributed by atoms with E-state index in [9.17, 15) is 9.59 Å². The first-order chi connectivity index (χ1) is 12.1. The molecule has 0 saturated carbocycles. The molecule has 2 saturated heterocycles. The standard InChI is InChI=1S/C19H27N3O3/c1-21-8-7-16(11-18(21)23)19(24)20-12-17-14-22(9-10-25-17)13-15-5-3-2-4-6-15/h2-6,16-17H,7-14H2,1H3,(H,20,24)/t16-,17+/m1/s1. The van der Waals surface area contributed by atoms with E-state index in [1.165, 1.54) is 5.56 Å². The SMILES string of the molecule is CN1CC[C@@H](C(=O)NC[C@H]2CN(Cc3ccccc3)CCO2)CC1=O. The molecule has 2 heterocycles. The number of carbonyl (C=O) groups excluding carboxylic acids is 2. The number of ether oxygens (including phenoxy) is 1. The maximum absolute atomic E-state index is 12.3. The third-order valence-electron chi connectivity index (χ3n) is 5.01. The van der Waals surface area contributed by atoms with Gasteiger partial charge in [0.25, 0.3) is 0 Å². The molecule has 2 atom stereocenters. The summed E-state index contributed by atoms with van der Waals surface area (Å²) in [5, 5.41) is 2.98. The second kappa shape index (κ2) is 8.45. The number of hydrogen-bond donors (Lipinski definition) is 1. The molecule has 25 heavy (non-hydrogen) atoms. The Kier molecular flexibility index (Phi) is 6.04. The van der Waals surface area contributed by atoms with Gasteiger partial charge < -0.3 is 15.0 Å². The van der Waals surface area contributed by atoms with Gasteiger partial charge in [0.05, 0.1) is 12.7 Å². The van der Waals surface area contributed by atoms with E-state index in [0.717, 1.165) is 26.1 Å². The van der Waals surface area contributed by atoms with Gasteiger partial charge in [0.15, 0.2) is 0 Å². The first kappa shape index (κ1) is 17.9. The minimum Gasteiger partial charge on any atom is -0.374 e. The largest absolute Gasteiger partial charge is 0.374 e. The van der Waals surface area contributed by atoms with Gasteiger partial charge in [-0.1, -0.05) is 30.3 Å². The van der Waals surface area contributed by atoms with Gasteiger partial charge in [-0.25, -0.2) is 0 Å². The molecule has 2 fully saturated rings. The maximum Gasteiger partial charge on any atom is 0.223 e. The zero-order valence-electron chi connectivity index (χ0n) is 14.8. The lowest BCUT2D eigenvalue weighted by Crippen LogP contribution is -2.49. The minimum absolute atomic E-state index is 0.00313. The van der Waals surface area contributed by atoms with E-state index < -0.39 is 0 Å². The Morgan fingerprint density at radius 2 is 2.08 bits per heavy atom. The molecule has 1 aromatic carbocycles. The van der Waals surface area contributed by atoms with Gasteiger partial charge in [-0.15, -0.1) is 0 Å². The van der Waals surface area contributed by atoms with Crippen molar-refractivity contribution >= 4 is 11.8 Å². The van der Waals surface area contributed by atoms with Crippen molar-refractivity contribution in [1.82, 2.24) is 15.1 Å². The minimum atomic E-state index is -0.201. The lowest BCUT2D eigenvalue weighted by Gasteiger charge is -2.33. The molecule has 0 radical (unpaired) electrons. The first-order valence-electron chi connectivity index (χ1n) is 9.01. The third-order valence-corrected chi connectivity index (χ3v) is 5.01. The second-order valence-electron chi connectivity index (χ2n) is 6.96. The fraction of sp³-hybridized carbons (Fsp3) is 0.579. The smallest absolute Gasteiger partial charge is 0.223 e. The molecule has 136 valence electrons. The molecule has 2 amide bonds. The number of benzene rings is 1. The predicted molar refractivity (Wildman–Crippen MR) is 94.8 cm³/mol. The van der Waals surface area contributed by atoms with Gasteiger partial charge in [0, 0.05) is 52.1 Å². The zero-order chi connectivity index (χ0) is 17.6. The molecule has 0 aromatic heterocycles. The summed E-state index contributed by atoms with van der Waals surface area (Å²) in [6.07, 6.45) is 1.05. The van der Waals surface area contributed by atoms with Crippen molar-refractivity contribution in [2.45, 2.75) is 25.5 Å². The predicted octanol–water partition coefficient (Wildman–Crippen LogP) is 0.872. The highest BCUT2D eigenvalue weighted by atomic mass is 16.5. The van der Waals surface area contributed by atoms with Crippen molar-refractivity contribution < 1.29 is 14.3 Å². The summed E-state index contributed by atoms with van der Waals surface area (Å²) in [6.45, 7) is 4.45. The van der Waals surface area contributed by atoms with Gasteiger partial charge in [0.1, 0.15) is 0 Å². The number of morpholine rings is 1. The van der Waals surface area contributed by atoms with E-state index in [-0.39, 0.29) is 23.8 Å². The van der Waals surface area contributed by atoms with Gasteiger partial charge >= 0.3 is 0 Å². The number of likely N-dealkylation sites (tertiary alicyclic amines) is 1. The molecule has 0 bridgehead atoms. The highest BCUT2D eigenvalue weighted by Crippen LogP contribution is 2.17. The van der Waals surface area contributed by atoms with Gasteiger partial charge in [-0.05, 0) is 12.0 Å². The first-order valence-corrected chi connectivity index (χ1v) is 9.01. The number of hydrogen-bond acceptors (Lipinski definition) is 4. The van der Waals surface area contributed by atoms with Crippen molar-refractivity contribution in [2.75, 3.05) is 39.8 Å². The van der Waals surface area contributed by atoms with Crippen LogP contribution in [0.4, 0.5) is 0 Å². The molecule has 6 heteroatoms. The van der Waals surface area contributed by atoms with Crippen LogP contribution in [0.25, 0.3) is 0 Å². The Morgan fingerprint density at radius 3 is 2.84 bits per heavy atom. The number of carbonyl (C=O) groups is 2. The van der Waals surface area contributed by atoms with E-state index in [0.29, 0.717) is 26.1 Å². The summed E-state index contributed by atoms with van der Waals surface area (Å²) < 4.78 is 5.79. The van der Waals surface area contributed by atoms with Crippen molar-refractivity contribution in [3.8, 4) is 0 Å². The molecular weight excluding hydrogens is 318 g/mol. The van der Waals surface area contributed by atoms with E-state index in [1.807, 2.05) is 6.07 Å². The van der Waals surface area contributed by atoms with Crippen molar-refractivity contribution in [1.29, 1.82) is 0 Å². The number of amides is 2. The monoisotopic (exact) mass is 345 g/mol. The molecule has 6 nitrogen and oxygen atoms in total. The summed E-state index contributed by atoms with van der Waals surface area (Å²) in [7, 11) is 1.79. The highest BCUT2D eigenvalue weighted by molar-refractivity contribution is 5.86. The number of piperidine rings is 1. The Hall–Kier alpha value is -1.92. The summed E-state index contributed by atoms with van der Waals surface area (Å²) >= 11 is 0. The summed E-state index contributed by atoms with van der Waals surface area (Å²) in [4.78, 5) is 28.1. The van der Waals surface area contributed by atoms with Crippen LogP contribution < -0.4 is 5.32 Å². The lowest BCUT2D eigenvalue weighted by molar-refractivity contribution is -0.139. The van der Waals surface area contributed by atoms with Crippen LogP contribution in [0, 0.1) is 5.92 Å². The van der Waals surface area contributed by atoms with Gasteiger partial charge in [-0.2, -0.15) is 0 Å². The van der Waals surface area contributed by atoms with Gasteiger partial charge in [0.2, 0.25) is 11.8 Å². The molecule has 2 aliphatic rings. The average molecular weight is 345 g/mol. The summed E-state index contributed by atoms with van der Waals surface area (Å²) in [5.74, 6) is -0.174. The Balaban J connectivity index is 1.43. The quantitative estimate of drug-likeness (QED) is 0.860. The zero-order valence-corrected chi connectivity index (χ0v) is 14.8. The van der Waals surface area contributed by atoms with Crippen molar-refractivity contribution in [3.05, 3.63) is 35.9 Å². The van der Waals surface area contributed by atoms with Crippen LogP contribution in [0.1, 0.15) is 18.4 Å². The molecule has 1 N–H and O–H groups in total. The maximum atomic E-state index is 12.3. The molecule has 3 rings (SSSR count). The molecule has 2 aliphatic heterocycles. The van der Waals surface area contributed by atoms with Crippen LogP contribution in [0.2, 0.25) is 0 Å². The molecule has 1 aromatic rings. The van der Waals surface area contributed by atoms with E-state index in [2.05, 4.69) is 34.5 Å². The number of nitrogens with one attached hydrogen (secondary N) is 1. The molecule has 0 aliphatic carbocycles. The third kappa shape index (κ3) is 5.03. The second-order valence-corrected chi connectivity index (χ2v) is 6.96. The number of nitrogens with zero attached hydrogens (tertiary/aromatic N) is 2.